The van der Waals surface area contributed by atoms with Gasteiger partial charge in [0.15, 0.2) is 0 Å². The minimum Gasteiger partial charge on any atom is -0.481 e. The van der Waals surface area contributed by atoms with E-state index in [4.69, 9.17) is 4.74 Å². The quantitative estimate of drug-likeness (QED) is 0.878. The van der Waals surface area contributed by atoms with Gasteiger partial charge >= 0.3 is 5.97 Å². The lowest BCUT2D eigenvalue weighted by Crippen LogP contribution is -2.49. The van der Waals surface area contributed by atoms with E-state index in [1.807, 2.05) is 18.4 Å². The number of carboxylic acids is 1. The predicted octanol–water partition coefficient (Wildman–Crippen LogP) is 1.53. The second kappa shape index (κ2) is 5.30. The lowest BCUT2D eigenvalue weighted by Gasteiger charge is -2.25. The van der Waals surface area contributed by atoms with Gasteiger partial charge in [-0.2, -0.15) is 0 Å². The monoisotopic (exact) mass is 283 g/mol. The minimum absolute atomic E-state index is 0.123. The van der Waals surface area contributed by atoms with E-state index in [1.165, 1.54) is 11.3 Å². The Morgan fingerprint density at radius 2 is 2.37 bits per heavy atom. The Kier molecular flexibility index (Phi) is 3.91. The first-order valence-corrected chi connectivity index (χ1v) is 7.05. The molecule has 19 heavy (non-hydrogen) atoms. The van der Waals surface area contributed by atoms with Crippen LogP contribution in [-0.4, -0.2) is 36.2 Å². The molecule has 1 aliphatic heterocycles. The molecule has 0 aromatic carbocycles. The fourth-order valence-corrected chi connectivity index (χ4v) is 3.02. The van der Waals surface area contributed by atoms with E-state index in [9.17, 15) is 14.7 Å². The van der Waals surface area contributed by atoms with Gasteiger partial charge in [0.1, 0.15) is 5.41 Å². The van der Waals surface area contributed by atoms with E-state index in [1.54, 1.807) is 6.92 Å². The van der Waals surface area contributed by atoms with E-state index >= 15 is 0 Å². The van der Waals surface area contributed by atoms with Gasteiger partial charge in [0.25, 0.3) is 5.91 Å². The number of ether oxygens (including phenoxy) is 1. The third-order valence-electron chi connectivity index (χ3n) is 3.58. The van der Waals surface area contributed by atoms with Gasteiger partial charge in [0.2, 0.25) is 0 Å². The molecule has 5 nitrogen and oxygen atoms in total. The molecule has 0 bridgehead atoms. The largest absolute Gasteiger partial charge is 0.481 e. The number of carbonyl (C=O) groups excluding carboxylic acids is 1. The highest BCUT2D eigenvalue weighted by molar-refractivity contribution is 7.12. The highest BCUT2D eigenvalue weighted by atomic mass is 32.1. The van der Waals surface area contributed by atoms with Crippen molar-refractivity contribution in [1.82, 2.24) is 5.32 Å². The Hall–Kier alpha value is -1.40. The molecule has 1 fully saturated rings. The van der Waals surface area contributed by atoms with Crippen LogP contribution in [0, 0.1) is 5.41 Å². The summed E-state index contributed by atoms with van der Waals surface area (Å²) in [5, 5.41) is 13.9. The normalized spacial score (nSPS) is 26.3. The van der Waals surface area contributed by atoms with Crippen molar-refractivity contribution >= 4 is 23.2 Å². The first-order valence-electron chi connectivity index (χ1n) is 6.17. The summed E-state index contributed by atoms with van der Waals surface area (Å²) in [7, 11) is 0. The van der Waals surface area contributed by atoms with Crippen molar-refractivity contribution in [3.05, 3.63) is 21.9 Å². The van der Waals surface area contributed by atoms with Crippen LogP contribution in [0.1, 0.15) is 29.1 Å². The number of nitrogens with one attached hydrogen (secondary N) is 1. The fraction of sp³-hybridized carbons (Fsp3) is 0.538. The molecular weight excluding hydrogens is 266 g/mol. The van der Waals surface area contributed by atoms with E-state index in [2.05, 4.69) is 5.32 Å². The maximum absolute atomic E-state index is 12.2. The molecule has 2 rings (SSSR count). The zero-order valence-corrected chi connectivity index (χ0v) is 11.8. The molecular formula is C13H17NO4S. The number of aryl methyl sites for hydroxylation is 1. The van der Waals surface area contributed by atoms with Crippen LogP contribution in [0.3, 0.4) is 0 Å². The van der Waals surface area contributed by atoms with Crippen molar-refractivity contribution in [2.24, 2.45) is 5.41 Å². The number of thiophene rings is 1. The molecule has 2 atom stereocenters. The van der Waals surface area contributed by atoms with Crippen LogP contribution >= 0.6 is 11.3 Å². The van der Waals surface area contributed by atoms with Gasteiger partial charge in [-0.05, 0) is 30.4 Å². The Labute approximate surface area is 115 Å². The molecule has 1 aromatic rings. The summed E-state index contributed by atoms with van der Waals surface area (Å²) >= 11 is 1.37. The number of amides is 1. The second-order valence-corrected chi connectivity index (χ2v) is 5.81. The average Bonchev–Trinajstić information content (AvgIpc) is 2.97. The third-order valence-corrected chi connectivity index (χ3v) is 4.54. The Morgan fingerprint density at radius 3 is 3.00 bits per heavy atom. The summed E-state index contributed by atoms with van der Waals surface area (Å²) in [6.45, 7) is 3.95. The lowest BCUT2D eigenvalue weighted by molar-refractivity contribution is -0.148. The number of hydrogen-bond acceptors (Lipinski definition) is 4. The van der Waals surface area contributed by atoms with Crippen molar-refractivity contribution in [1.29, 1.82) is 0 Å². The molecule has 0 spiro atoms. The van der Waals surface area contributed by atoms with Crippen LogP contribution in [0.15, 0.2) is 11.4 Å². The van der Waals surface area contributed by atoms with Gasteiger partial charge in [-0.15, -0.1) is 11.3 Å². The standard InChI is InChI=1S/C13H17NO4S/c1-3-8-4-5-19-10(8)11(15)14-9-6-18-7-13(9,2)12(16)17/h4-5,9H,3,6-7H2,1-2H3,(H,14,15)(H,16,17). The van der Waals surface area contributed by atoms with Crippen LogP contribution < -0.4 is 5.32 Å². The molecule has 2 unspecified atom stereocenters. The summed E-state index contributed by atoms with van der Waals surface area (Å²) in [4.78, 5) is 24.2. The number of hydrogen-bond donors (Lipinski definition) is 2. The zero-order chi connectivity index (χ0) is 14.0. The molecule has 6 heteroatoms. The number of carboxylic acid groups (broad SMARTS) is 1. The Bertz CT molecular complexity index is 499. The molecule has 0 saturated carbocycles. The average molecular weight is 283 g/mol. The molecule has 1 aromatic heterocycles. The van der Waals surface area contributed by atoms with Crippen LogP contribution in [0.5, 0.6) is 0 Å². The van der Waals surface area contributed by atoms with Gasteiger partial charge in [0, 0.05) is 0 Å². The van der Waals surface area contributed by atoms with E-state index in [0.29, 0.717) is 4.88 Å². The summed E-state index contributed by atoms with van der Waals surface area (Å²) < 4.78 is 5.22. The van der Waals surface area contributed by atoms with Crippen LogP contribution in [-0.2, 0) is 16.0 Å². The molecule has 0 radical (unpaired) electrons. The van der Waals surface area contributed by atoms with Crippen molar-refractivity contribution in [2.75, 3.05) is 13.2 Å². The topological polar surface area (TPSA) is 75.6 Å². The van der Waals surface area contributed by atoms with Gasteiger partial charge in [0.05, 0.1) is 24.1 Å². The molecule has 1 saturated heterocycles. The third kappa shape index (κ3) is 2.50. The summed E-state index contributed by atoms with van der Waals surface area (Å²) in [6.07, 6.45) is 0.781. The predicted molar refractivity (Wildman–Crippen MR) is 71.5 cm³/mol. The summed E-state index contributed by atoms with van der Waals surface area (Å²) in [5.74, 6) is -1.16. The second-order valence-electron chi connectivity index (χ2n) is 4.89. The molecule has 1 aliphatic rings. The number of carbonyl (C=O) groups is 2. The highest BCUT2D eigenvalue weighted by Crippen LogP contribution is 2.29. The zero-order valence-electron chi connectivity index (χ0n) is 10.9. The van der Waals surface area contributed by atoms with Crippen LogP contribution in [0.2, 0.25) is 0 Å². The Balaban J connectivity index is 2.13. The van der Waals surface area contributed by atoms with Gasteiger partial charge in [-0.3, -0.25) is 9.59 Å². The first-order chi connectivity index (χ1) is 8.99. The molecule has 2 heterocycles. The molecule has 104 valence electrons. The first kappa shape index (κ1) is 14.0. The van der Waals surface area contributed by atoms with E-state index < -0.39 is 17.4 Å². The summed E-state index contributed by atoms with van der Waals surface area (Å²) in [6, 6.07) is 1.42. The molecule has 1 amide bonds. The van der Waals surface area contributed by atoms with Crippen molar-refractivity contribution in [3.63, 3.8) is 0 Å². The fourth-order valence-electron chi connectivity index (χ4n) is 2.12. The smallest absolute Gasteiger partial charge is 0.313 e. The van der Waals surface area contributed by atoms with Gasteiger partial charge in [-0.25, -0.2) is 0 Å². The van der Waals surface area contributed by atoms with E-state index in [0.717, 1.165) is 12.0 Å². The maximum atomic E-state index is 12.2. The van der Waals surface area contributed by atoms with Gasteiger partial charge in [-0.1, -0.05) is 6.92 Å². The number of aliphatic carboxylic acids is 1. The van der Waals surface area contributed by atoms with Gasteiger partial charge < -0.3 is 15.2 Å². The SMILES string of the molecule is CCc1ccsc1C(=O)NC1COCC1(C)C(=O)O. The summed E-state index contributed by atoms with van der Waals surface area (Å²) in [5.41, 5.74) is -0.0716. The molecule has 0 aliphatic carbocycles. The lowest BCUT2D eigenvalue weighted by atomic mass is 9.85. The Morgan fingerprint density at radius 1 is 1.63 bits per heavy atom. The number of rotatable bonds is 4. The highest BCUT2D eigenvalue weighted by Gasteiger charge is 2.47. The van der Waals surface area contributed by atoms with Crippen LogP contribution in [0.25, 0.3) is 0 Å². The maximum Gasteiger partial charge on any atom is 0.313 e. The van der Waals surface area contributed by atoms with Crippen molar-refractivity contribution in [3.8, 4) is 0 Å². The molecule has 2 N–H and O–H groups in total. The minimum atomic E-state index is -1.06. The van der Waals surface area contributed by atoms with Crippen molar-refractivity contribution < 1.29 is 19.4 Å². The van der Waals surface area contributed by atoms with E-state index in [-0.39, 0.29) is 19.1 Å². The van der Waals surface area contributed by atoms with Crippen molar-refractivity contribution in [2.45, 2.75) is 26.3 Å². The van der Waals surface area contributed by atoms with Crippen LogP contribution in [0.4, 0.5) is 0 Å².